The third-order valence-electron chi connectivity index (χ3n) is 7.60. The van der Waals surface area contributed by atoms with Gasteiger partial charge in [0.05, 0.1) is 23.8 Å². The fourth-order valence-electron chi connectivity index (χ4n) is 5.74. The summed E-state index contributed by atoms with van der Waals surface area (Å²) in [7, 11) is 1.79. The number of aromatic nitrogens is 7. The Bertz CT molecular complexity index is 1490. The Labute approximate surface area is 217 Å². The minimum atomic E-state index is -2.53. The molecule has 200 valence electrons. The van der Waals surface area contributed by atoms with Gasteiger partial charge in [0.2, 0.25) is 11.9 Å². The van der Waals surface area contributed by atoms with E-state index in [4.69, 9.17) is 9.97 Å². The number of hydrogen-bond donors (Lipinski definition) is 3. The van der Waals surface area contributed by atoms with E-state index in [2.05, 4.69) is 35.5 Å². The number of fused-ring (bicyclic) bond motifs is 2. The molecule has 1 amide bonds. The Balaban J connectivity index is 1.25. The number of anilines is 2. The summed E-state index contributed by atoms with van der Waals surface area (Å²) in [5.41, 5.74) is 2.48. The molecule has 11 nitrogen and oxygen atoms in total. The van der Waals surface area contributed by atoms with Crippen molar-refractivity contribution < 1.29 is 13.6 Å². The molecule has 1 saturated heterocycles. The van der Waals surface area contributed by atoms with Gasteiger partial charge < -0.3 is 25.1 Å². The number of rotatable bonds is 7. The van der Waals surface area contributed by atoms with Crippen molar-refractivity contribution in [3.63, 3.8) is 0 Å². The number of carbonyl (C=O) groups is 1. The fraction of sp³-hybridized carbons (Fsp3) is 0.520. The molecule has 5 heterocycles. The average molecular weight is 525 g/mol. The van der Waals surface area contributed by atoms with Gasteiger partial charge in [-0.3, -0.25) is 4.79 Å². The fourth-order valence-corrected chi connectivity index (χ4v) is 5.74. The summed E-state index contributed by atoms with van der Waals surface area (Å²) < 4.78 is 27.7. The molecular weight excluding hydrogens is 494 g/mol. The molecule has 0 radical (unpaired) electrons. The number of halogens is 2. The summed E-state index contributed by atoms with van der Waals surface area (Å²) in [5, 5.41) is 7.36. The minimum absolute atomic E-state index is 0.229. The molecule has 4 aromatic rings. The van der Waals surface area contributed by atoms with Gasteiger partial charge in [-0.25, -0.2) is 23.7 Å². The van der Waals surface area contributed by atoms with Crippen LogP contribution in [0.2, 0.25) is 0 Å². The molecule has 4 aromatic heterocycles. The van der Waals surface area contributed by atoms with Crippen LogP contribution in [0.5, 0.6) is 0 Å². The second-order valence-corrected chi connectivity index (χ2v) is 9.98. The first-order chi connectivity index (χ1) is 18.4. The van der Waals surface area contributed by atoms with E-state index in [-0.39, 0.29) is 11.9 Å². The number of hydrogen-bond acceptors (Lipinski definition) is 8. The van der Waals surface area contributed by atoms with Crippen molar-refractivity contribution >= 4 is 40.0 Å². The Morgan fingerprint density at radius 2 is 1.97 bits per heavy atom. The summed E-state index contributed by atoms with van der Waals surface area (Å²) in [5.74, 6) is 1.86. The van der Waals surface area contributed by atoms with E-state index in [9.17, 15) is 13.6 Å². The lowest BCUT2D eigenvalue weighted by molar-refractivity contribution is -0.130. The highest BCUT2D eigenvalue weighted by molar-refractivity contribution is 6.01. The Morgan fingerprint density at radius 1 is 1.16 bits per heavy atom. The van der Waals surface area contributed by atoms with Crippen LogP contribution in [-0.4, -0.2) is 77.4 Å². The van der Waals surface area contributed by atoms with E-state index in [0.717, 1.165) is 44.0 Å². The zero-order chi connectivity index (χ0) is 26.4. The second-order valence-electron chi connectivity index (χ2n) is 9.98. The number of aromatic amines is 1. The summed E-state index contributed by atoms with van der Waals surface area (Å²) in [6.07, 6.45) is 6.31. The van der Waals surface area contributed by atoms with Crippen LogP contribution in [-0.2, 0) is 11.3 Å². The molecule has 0 bridgehead atoms. The molecule has 13 heteroatoms. The second kappa shape index (κ2) is 9.76. The first kappa shape index (κ1) is 24.4. The molecule has 3 N–H and O–H groups in total. The number of imidazole rings is 1. The van der Waals surface area contributed by atoms with Crippen LogP contribution in [0.25, 0.3) is 33.6 Å². The highest BCUT2D eigenvalue weighted by Crippen LogP contribution is 2.34. The molecule has 2 aliphatic rings. The van der Waals surface area contributed by atoms with Crippen molar-refractivity contribution in [3.8, 4) is 11.3 Å². The lowest BCUT2D eigenvalue weighted by Gasteiger charge is -2.34. The number of alkyl halides is 2. The van der Waals surface area contributed by atoms with Crippen LogP contribution in [0.1, 0.15) is 44.3 Å². The van der Waals surface area contributed by atoms with E-state index in [1.165, 1.54) is 4.57 Å². The van der Waals surface area contributed by atoms with Crippen LogP contribution in [0, 0.1) is 6.92 Å². The maximum absolute atomic E-state index is 13.1. The van der Waals surface area contributed by atoms with Gasteiger partial charge in [-0.2, -0.15) is 9.97 Å². The summed E-state index contributed by atoms with van der Waals surface area (Å²) in [6.45, 7) is 2.05. The molecule has 2 fully saturated rings. The highest BCUT2D eigenvalue weighted by atomic mass is 19.3. The number of likely N-dealkylation sites (tertiary alicyclic amines) is 1. The van der Waals surface area contributed by atoms with Crippen molar-refractivity contribution in [3.05, 3.63) is 18.2 Å². The van der Waals surface area contributed by atoms with Gasteiger partial charge in [-0.15, -0.1) is 0 Å². The topological polar surface area (TPSA) is 130 Å². The van der Waals surface area contributed by atoms with Gasteiger partial charge in [0.1, 0.15) is 17.3 Å². The van der Waals surface area contributed by atoms with Crippen LogP contribution in [0.4, 0.5) is 20.5 Å². The van der Waals surface area contributed by atoms with E-state index >= 15 is 0 Å². The molecular formula is C25H30F2N10O. The standard InChI is InChI=1S/C25H30F2N10O/c1-13-31-23-24(37(13)12-18(26)27)33-17(11-30-23)16-10-29-22-20(16)21(28-2)34-25(35-22)32-14-5-7-15(8-6-14)36-9-3-4-19(36)38/h10-11,14-15,18H,3-9,12H2,1-2H3,(H3,28,29,32,34,35)/t14-,15+. The van der Waals surface area contributed by atoms with Crippen molar-refractivity contribution in [1.29, 1.82) is 0 Å². The first-order valence-electron chi connectivity index (χ1n) is 13.0. The molecule has 0 unspecified atom stereocenters. The van der Waals surface area contributed by atoms with Crippen LogP contribution < -0.4 is 10.6 Å². The predicted octanol–water partition coefficient (Wildman–Crippen LogP) is 3.73. The van der Waals surface area contributed by atoms with Gasteiger partial charge in [-0.1, -0.05) is 0 Å². The summed E-state index contributed by atoms with van der Waals surface area (Å²) >= 11 is 0. The van der Waals surface area contributed by atoms with Gasteiger partial charge >= 0.3 is 0 Å². The first-order valence-corrected chi connectivity index (χ1v) is 13.0. The SMILES string of the molecule is CNc1nc(N[C@H]2CC[C@@H](N3CCCC3=O)CC2)nc2[nH]cc(-c3cnc4nc(C)n(CC(F)F)c4n3)c12. The van der Waals surface area contributed by atoms with Crippen molar-refractivity contribution in [2.45, 2.75) is 70.5 Å². The largest absolute Gasteiger partial charge is 0.372 e. The van der Waals surface area contributed by atoms with Crippen molar-refractivity contribution in [2.24, 2.45) is 0 Å². The van der Waals surface area contributed by atoms with E-state index in [1.807, 2.05) is 0 Å². The molecule has 1 aliphatic carbocycles. The molecule has 0 atom stereocenters. The molecule has 6 rings (SSSR count). The summed E-state index contributed by atoms with van der Waals surface area (Å²) in [6, 6.07) is 0.566. The Hall–Kier alpha value is -3.90. The highest BCUT2D eigenvalue weighted by Gasteiger charge is 2.31. The van der Waals surface area contributed by atoms with Gasteiger partial charge in [0.15, 0.2) is 11.3 Å². The van der Waals surface area contributed by atoms with Crippen molar-refractivity contribution in [1.82, 2.24) is 39.4 Å². The third-order valence-corrected chi connectivity index (χ3v) is 7.60. The monoisotopic (exact) mass is 524 g/mol. The quantitative estimate of drug-likeness (QED) is 0.334. The number of amides is 1. The van der Waals surface area contributed by atoms with Gasteiger partial charge in [0.25, 0.3) is 6.43 Å². The number of nitrogens with one attached hydrogen (secondary N) is 3. The lowest BCUT2D eigenvalue weighted by Crippen LogP contribution is -2.41. The van der Waals surface area contributed by atoms with E-state index < -0.39 is 13.0 Å². The average Bonchev–Trinajstić information content (AvgIpc) is 3.61. The number of nitrogens with zero attached hydrogens (tertiary/aromatic N) is 7. The Morgan fingerprint density at radius 3 is 2.68 bits per heavy atom. The molecule has 38 heavy (non-hydrogen) atoms. The zero-order valence-corrected chi connectivity index (χ0v) is 21.3. The van der Waals surface area contributed by atoms with E-state index in [0.29, 0.717) is 58.3 Å². The van der Waals surface area contributed by atoms with Gasteiger partial charge in [-0.05, 0) is 39.0 Å². The molecule has 1 aliphatic heterocycles. The minimum Gasteiger partial charge on any atom is -0.372 e. The zero-order valence-electron chi connectivity index (χ0n) is 21.3. The molecule has 1 saturated carbocycles. The summed E-state index contributed by atoms with van der Waals surface area (Å²) in [4.78, 5) is 40.1. The van der Waals surface area contributed by atoms with Crippen molar-refractivity contribution in [2.75, 3.05) is 24.2 Å². The number of carbonyl (C=O) groups excluding carboxylic acids is 1. The Kier molecular flexibility index (Phi) is 6.28. The number of H-pyrrole nitrogens is 1. The van der Waals surface area contributed by atoms with Crippen LogP contribution in [0.3, 0.4) is 0 Å². The van der Waals surface area contributed by atoms with Gasteiger partial charge in [0, 0.05) is 43.9 Å². The predicted molar refractivity (Wildman–Crippen MR) is 139 cm³/mol. The lowest BCUT2D eigenvalue weighted by atomic mass is 9.90. The molecule has 0 spiro atoms. The van der Waals surface area contributed by atoms with Crippen LogP contribution in [0.15, 0.2) is 12.4 Å². The maximum atomic E-state index is 13.1. The normalized spacial score (nSPS) is 20.2. The smallest absolute Gasteiger partial charge is 0.256 e. The van der Waals surface area contributed by atoms with E-state index in [1.54, 1.807) is 26.4 Å². The maximum Gasteiger partial charge on any atom is 0.256 e. The third kappa shape index (κ3) is 4.39. The molecule has 0 aromatic carbocycles. The number of aryl methyl sites for hydroxylation is 1. The van der Waals surface area contributed by atoms with Crippen LogP contribution >= 0.6 is 0 Å².